The second kappa shape index (κ2) is 6.52. The molecule has 0 amide bonds. The maximum Gasteiger partial charge on any atom is 0.340 e. The quantitative estimate of drug-likeness (QED) is 0.857. The second-order valence-electron chi connectivity index (χ2n) is 4.17. The minimum absolute atomic E-state index is 0.0756. The first-order valence-corrected chi connectivity index (χ1v) is 6.75. The molecule has 0 spiro atoms. The zero-order valence-electron chi connectivity index (χ0n) is 10.8. The monoisotopic (exact) mass is 337 g/mol. The molecule has 0 unspecified atom stereocenters. The summed E-state index contributed by atoms with van der Waals surface area (Å²) in [6.45, 7) is 0.583. The van der Waals surface area contributed by atoms with E-state index in [1.165, 1.54) is 19.2 Å². The number of halogens is 2. The van der Waals surface area contributed by atoms with Crippen LogP contribution in [0.3, 0.4) is 0 Å². The molecule has 104 valence electrons. The highest BCUT2D eigenvalue weighted by Gasteiger charge is 2.12. The molecule has 0 aromatic heterocycles. The fourth-order valence-electron chi connectivity index (χ4n) is 1.71. The molecule has 0 fully saturated rings. The van der Waals surface area contributed by atoms with Crippen molar-refractivity contribution in [1.29, 1.82) is 0 Å². The van der Waals surface area contributed by atoms with Gasteiger partial charge in [-0.25, -0.2) is 9.18 Å². The fraction of sp³-hybridized carbons (Fsp3) is 0.133. The Morgan fingerprint density at radius 2 is 1.95 bits per heavy atom. The summed E-state index contributed by atoms with van der Waals surface area (Å²) in [6.07, 6.45) is 0. The van der Waals surface area contributed by atoms with Crippen LogP contribution in [0.2, 0.25) is 0 Å². The molecule has 0 saturated carbocycles. The molecule has 3 nitrogen and oxygen atoms in total. The van der Waals surface area contributed by atoms with E-state index in [-0.39, 0.29) is 5.56 Å². The largest absolute Gasteiger partial charge is 0.465 e. The lowest BCUT2D eigenvalue weighted by Crippen LogP contribution is -2.06. The molecule has 0 aliphatic rings. The van der Waals surface area contributed by atoms with Crippen molar-refractivity contribution in [2.75, 3.05) is 12.4 Å². The molecular formula is C15H13BrFNO2. The van der Waals surface area contributed by atoms with Gasteiger partial charge in [0, 0.05) is 16.7 Å². The number of hydrogen-bond acceptors (Lipinski definition) is 3. The highest BCUT2D eigenvalue weighted by atomic mass is 79.9. The van der Waals surface area contributed by atoms with E-state index in [0.717, 1.165) is 10.0 Å². The van der Waals surface area contributed by atoms with E-state index >= 15 is 0 Å². The minimum atomic E-state index is -0.685. The predicted molar refractivity (Wildman–Crippen MR) is 79.2 cm³/mol. The molecule has 0 bridgehead atoms. The van der Waals surface area contributed by atoms with E-state index < -0.39 is 11.8 Å². The normalized spacial score (nSPS) is 10.2. The molecule has 0 aliphatic heterocycles. The van der Waals surface area contributed by atoms with Crippen molar-refractivity contribution in [2.45, 2.75) is 6.54 Å². The summed E-state index contributed by atoms with van der Waals surface area (Å²) >= 11 is 3.37. The molecule has 0 heterocycles. The smallest absolute Gasteiger partial charge is 0.340 e. The molecular weight excluding hydrogens is 325 g/mol. The van der Waals surface area contributed by atoms with Crippen molar-refractivity contribution >= 4 is 27.6 Å². The molecule has 20 heavy (non-hydrogen) atoms. The van der Waals surface area contributed by atoms with Crippen LogP contribution in [0.5, 0.6) is 0 Å². The average molecular weight is 338 g/mol. The minimum Gasteiger partial charge on any atom is -0.465 e. The van der Waals surface area contributed by atoms with Gasteiger partial charge in [0.05, 0.1) is 12.7 Å². The fourth-order valence-corrected chi connectivity index (χ4v) is 1.97. The number of hydrogen-bond donors (Lipinski definition) is 1. The summed E-state index contributed by atoms with van der Waals surface area (Å²) in [7, 11) is 1.23. The van der Waals surface area contributed by atoms with Gasteiger partial charge in [-0.15, -0.1) is 0 Å². The lowest BCUT2D eigenvalue weighted by atomic mass is 10.1. The lowest BCUT2D eigenvalue weighted by Gasteiger charge is -2.09. The predicted octanol–water partition coefficient (Wildman–Crippen LogP) is 3.99. The summed E-state index contributed by atoms with van der Waals surface area (Å²) in [6, 6.07) is 12.1. The van der Waals surface area contributed by atoms with Gasteiger partial charge in [-0.1, -0.05) is 28.1 Å². The highest BCUT2D eigenvalue weighted by molar-refractivity contribution is 9.10. The summed E-state index contributed by atoms with van der Waals surface area (Å²) < 4.78 is 19.0. The second-order valence-corrected chi connectivity index (χ2v) is 5.08. The molecule has 0 atom stereocenters. The summed E-state index contributed by atoms with van der Waals surface area (Å²) in [5.41, 5.74) is 1.67. The Kier molecular flexibility index (Phi) is 4.74. The van der Waals surface area contributed by atoms with Gasteiger partial charge in [0.1, 0.15) is 5.82 Å². The Bertz CT molecular complexity index is 614. The van der Waals surface area contributed by atoms with E-state index in [9.17, 15) is 9.18 Å². The number of nitrogens with one attached hydrogen (secondary N) is 1. The van der Waals surface area contributed by atoms with Crippen molar-refractivity contribution in [2.24, 2.45) is 0 Å². The molecule has 2 rings (SSSR count). The Morgan fingerprint density at radius 3 is 2.60 bits per heavy atom. The first-order valence-electron chi connectivity index (χ1n) is 5.96. The average Bonchev–Trinajstić information content (AvgIpc) is 2.47. The van der Waals surface area contributed by atoms with Crippen LogP contribution >= 0.6 is 15.9 Å². The molecule has 2 aromatic carbocycles. The van der Waals surface area contributed by atoms with Crippen LogP contribution in [-0.4, -0.2) is 13.1 Å². The molecule has 5 heteroatoms. The maximum absolute atomic E-state index is 13.5. The zero-order valence-corrected chi connectivity index (χ0v) is 12.4. The molecule has 1 N–H and O–H groups in total. The number of anilines is 1. The third-order valence-corrected chi connectivity index (χ3v) is 3.31. The molecule has 2 aromatic rings. The van der Waals surface area contributed by atoms with E-state index in [1.54, 1.807) is 6.07 Å². The van der Waals surface area contributed by atoms with Crippen LogP contribution in [0.1, 0.15) is 15.9 Å². The summed E-state index contributed by atoms with van der Waals surface area (Å²) in [5, 5.41) is 3.14. The van der Waals surface area contributed by atoms with Crippen LogP contribution in [0.15, 0.2) is 46.9 Å². The standard InChI is InChI=1S/C15H13BrFNO2/c1-20-15(19)13-8-12(6-7-14(13)17)18-9-10-2-4-11(16)5-3-10/h2-8,18H,9H2,1H3. The van der Waals surface area contributed by atoms with Gasteiger partial charge in [-0.3, -0.25) is 0 Å². The van der Waals surface area contributed by atoms with Crippen molar-refractivity contribution in [3.05, 3.63) is 63.9 Å². The van der Waals surface area contributed by atoms with Crippen LogP contribution in [0.4, 0.5) is 10.1 Å². The number of rotatable bonds is 4. The summed E-state index contributed by atoms with van der Waals surface area (Å²) in [5.74, 6) is -1.28. The number of esters is 1. The number of methoxy groups -OCH3 is 1. The molecule has 0 saturated heterocycles. The molecule has 0 aliphatic carbocycles. The Labute approximate surface area is 124 Å². The van der Waals surface area contributed by atoms with Crippen LogP contribution in [0, 0.1) is 5.82 Å². The number of benzene rings is 2. The SMILES string of the molecule is COC(=O)c1cc(NCc2ccc(Br)cc2)ccc1F. The number of ether oxygens (including phenoxy) is 1. The van der Waals surface area contributed by atoms with E-state index in [0.29, 0.717) is 12.2 Å². The highest BCUT2D eigenvalue weighted by Crippen LogP contribution is 2.17. The Morgan fingerprint density at radius 1 is 1.25 bits per heavy atom. The molecule has 0 radical (unpaired) electrons. The number of carbonyl (C=O) groups is 1. The van der Waals surface area contributed by atoms with Crippen LogP contribution in [0.25, 0.3) is 0 Å². The van der Waals surface area contributed by atoms with Crippen molar-refractivity contribution in [3.8, 4) is 0 Å². The van der Waals surface area contributed by atoms with Crippen LogP contribution in [-0.2, 0) is 11.3 Å². The lowest BCUT2D eigenvalue weighted by molar-refractivity contribution is 0.0595. The first kappa shape index (κ1) is 14.5. The van der Waals surface area contributed by atoms with E-state index in [1.807, 2.05) is 24.3 Å². The third kappa shape index (κ3) is 3.57. The van der Waals surface area contributed by atoms with Gasteiger partial charge in [-0.05, 0) is 35.9 Å². The van der Waals surface area contributed by atoms with Gasteiger partial charge < -0.3 is 10.1 Å². The van der Waals surface area contributed by atoms with Gasteiger partial charge in [0.15, 0.2) is 0 Å². The van der Waals surface area contributed by atoms with Crippen molar-refractivity contribution in [3.63, 3.8) is 0 Å². The van der Waals surface area contributed by atoms with Crippen molar-refractivity contribution in [1.82, 2.24) is 0 Å². The van der Waals surface area contributed by atoms with Gasteiger partial charge >= 0.3 is 5.97 Å². The van der Waals surface area contributed by atoms with Crippen LogP contribution < -0.4 is 5.32 Å². The van der Waals surface area contributed by atoms with E-state index in [4.69, 9.17) is 0 Å². The van der Waals surface area contributed by atoms with Gasteiger partial charge in [0.2, 0.25) is 0 Å². The maximum atomic E-state index is 13.5. The zero-order chi connectivity index (χ0) is 14.5. The Hall–Kier alpha value is -1.88. The van der Waals surface area contributed by atoms with Crippen molar-refractivity contribution < 1.29 is 13.9 Å². The summed E-state index contributed by atoms with van der Waals surface area (Å²) in [4.78, 5) is 11.4. The van der Waals surface area contributed by atoms with Gasteiger partial charge in [-0.2, -0.15) is 0 Å². The number of carbonyl (C=O) groups excluding carboxylic acids is 1. The topological polar surface area (TPSA) is 38.3 Å². The first-order chi connectivity index (χ1) is 9.60. The van der Waals surface area contributed by atoms with Gasteiger partial charge in [0.25, 0.3) is 0 Å². The Balaban J connectivity index is 2.10. The third-order valence-electron chi connectivity index (χ3n) is 2.78. The van der Waals surface area contributed by atoms with E-state index in [2.05, 4.69) is 26.0 Å².